The number of hydrogen-bond donors (Lipinski definition) is 0. The Bertz CT molecular complexity index is 483. The molecule has 1 saturated carbocycles. The van der Waals surface area contributed by atoms with Crippen LogP contribution in [0, 0.1) is 17.7 Å². The molecule has 17 heavy (non-hydrogen) atoms. The zero-order valence-corrected chi connectivity index (χ0v) is 10.1. The van der Waals surface area contributed by atoms with E-state index in [2.05, 4.69) is 0 Å². The number of fused-ring (bicyclic) bond motifs is 1. The number of hydrogen-bond acceptors (Lipinski definition) is 1. The molecule has 3 rings (SSSR count). The van der Waals surface area contributed by atoms with Gasteiger partial charge in [0.05, 0.1) is 5.69 Å². The summed E-state index contributed by atoms with van der Waals surface area (Å²) in [4.78, 5) is 13.5. The molecule has 0 bridgehead atoms. The summed E-state index contributed by atoms with van der Waals surface area (Å²) in [6.45, 7) is 4.76. The molecule has 1 heterocycles. The molecule has 2 nitrogen and oxygen atoms in total. The van der Waals surface area contributed by atoms with Crippen LogP contribution in [0.5, 0.6) is 0 Å². The van der Waals surface area contributed by atoms with E-state index < -0.39 is 0 Å². The van der Waals surface area contributed by atoms with E-state index in [9.17, 15) is 9.18 Å². The second kappa shape index (κ2) is 3.56. The standard InChI is InChI=1S/C14H16FNO/c1-8(2)9-3-4-13(12(15)6-9)16-7-10-5-11(10)14(16)17/h3-4,6,8,10-11H,5,7H2,1-2H3/t10-,11-/m0/s1. The number of nitrogens with zero attached hydrogens (tertiary/aromatic N) is 1. The van der Waals surface area contributed by atoms with Crippen LogP contribution in [0.3, 0.4) is 0 Å². The Hall–Kier alpha value is -1.38. The van der Waals surface area contributed by atoms with Gasteiger partial charge in [-0.1, -0.05) is 19.9 Å². The Balaban J connectivity index is 1.91. The van der Waals surface area contributed by atoms with E-state index in [0.29, 0.717) is 24.1 Å². The van der Waals surface area contributed by atoms with Gasteiger partial charge in [0.2, 0.25) is 5.91 Å². The van der Waals surface area contributed by atoms with Crippen molar-refractivity contribution in [1.82, 2.24) is 0 Å². The highest BCUT2D eigenvalue weighted by Gasteiger charge is 2.52. The topological polar surface area (TPSA) is 20.3 Å². The van der Waals surface area contributed by atoms with Crippen molar-refractivity contribution in [2.45, 2.75) is 26.2 Å². The Morgan fingerprint density at radius 2 is 2.18 bits per heavy atom. The molecule has 0 radical (unpaired) electrons. The lowest BCUT2D eigenvalue weighted by Gasteiger charge is -2.19. The molecule has 0 aromatic heterocycles. The second-order valence-corrected chi connectivity index (χ2v) is 5.42. The molecule has 1 aromatic carbocycles. The lowest BCUT2D eigenvalue weighted by molar-refractivity contribution is -0.118. The molecule has 3 heteroatoms. The van der Waals surface area contributed by atoms with Gasteiger partial charge in [0, 0.05) is 12.5 Å². The highest BCUT2D eigenvalue weighted by molar-refractivity contribution is 5.99. The molecule has 1 aliphatic heterocycles. The number of benzene rings is 1. The van der Waals surface area contributed by atoms with E-state index in [1.54, 1.807) is 17.0 Å². The number of carbonyl (C=O) groups excluding carboxylic acids is 1. The highest BCUT2D eigenvalue weighted by atomic mass is 19.1. The minimum Gasteiger partial charge on any atom is -0.309 e. The number of halogens is 1. The van der Waals surface area contributed by atoms with Crippen molar-refractivity contribution in [2.75, 3.05) is 11.4 Å². The molecular formula is C14H16FNO. The monoisotopic (exact) mass is 233 g/mol. The number of anilines is 1. The van der Waals surface area contributed by atoms with Gasteiger partial charge in [0.1, 0.15) is 5.82 Å². The zero-order chi connectivity index (χ0) is 12.2. The Labute approximate surface area is 100 Å². The van der Waals surface area contributed by atoms with Crippen molar-refractivity contribution >= 4 is 11.6 Å². The van der Waals surface area contributed by atoms with E-state index in [1.807, 2.05) is 19.9 Å². The maximum absolute atomic E-state index is 14.0. The van der Waals surface area contributed by atoms with Crippen LogP contribution < -0.4 is 4.90 Å². The molecule has 1 amide bonds. The van der Waals surface area contributed by atoms with Crippen LogP contribution in [0.1, 0.15) is 31.7 Å². The molecule has 2 atom stereocenters. The predicted molar refractivity (Wildman–Crippen MR) is 64.4 cm³/mol. The number of carbonyl (C=O) groups is 1. The van der Waals surface area contributed by atoms with Crippen LogP contribution in [0.2, 0.25) is 0 Å². The van der Waals surface area contributed by atoms with Crippen molar-refractivity contribution in [3.05, 3.63) is 29.6 Å². The summed E-state index contributed by atoms with van der Waals surface area (Å²) in [5.74, 6) is 0.795. The van der Waals surface area contributed by atoms with E-state index in [-0.39, 0.29) is 17.6 Å². The van der Waals surface area contributed by atoms with Crippen molar-refractivity contribution in [3.63, 3.8) is 0 Å². The lowest BCUT2D eigenvalue weighted by atomic mass is 10.0. The van der Waals surface area contributed by atoms with Gasteiger partial charge in [-0.2, -0.15) is 0 Å². The molecule has 0 N–H and O–H groups in total. The summed E-state index contributed by atoms with van der Waals surface area (Å²) >= 11 is 0. The van der Waals surface area contributed by atoms with Gasteiger partial charge >= 0.3 is 0 Å². The van der Waals surface area contributed by atoms with Gasteiger partial charge in [0.25, 0.3) is 0 Å². The molecule has 2 aliphatic rings. The first kappa shape index (κ1) is 10.8. The molecular weight excluding hydrogens is 217 g/mol. The minimum absolute atomic E-state index is 0.103. The second-order valence-electron chi connectivity index (χ2n) is 5.42. The fourth-order valence-corrected chi connectivity index (χ4v) is 2.59. The molecule has 1 aromatic rings. The van der Waals surface area contributed by atoms with Gasteiger partial charge < -0.3 is 4.90 Å². The first-order valence-corrected chi connectivity index (χ1v) is 6.18. The summed E-state index contributed by atoms with van der Waals surface area (Å²) in [6, 6.07) is 5.21. The molecule has 90 valence electrons. The average molecular weight is 233 g/mol. The van der Waals surface area contributed by atoms with E-state index in [1.165, 1.54) is 0 Å². The number of amides is 1. The fraction of sp³-hybridized carbons (Fsp3) is 0.500. The zero-order valence-electron chi connectivity index (χ0n) is 10.1. The fourth-order valence-electron chi connectivity index (χ4n) is 2.59. The van der Waals surface area contributed by atoms with Crippen molar-refractivity contribution in [2.24, 2.45) is 11.8 Å². The Morgan fingerprint density at radius 3 is 2.71 bits per heavy atom. The first-order valence-electron chi connectivity index (χ1n) is 6.18. The van der Waals surface area contributed by atoms with Crippen LogP contribution in [0.15, 0.2) is 18.2 Å². The third-order valence-corrected chi connectivity index (χ3v) is 3.85. The predicted octanol–water partition coefficient (Wildman–Crippen LogP) is 2.93. The quantitative estimate of drug-likeness (QED) is 0.769. The third kappa shape index (κ3) is 1.65. The van der Waals surface area contributed by atoms with Gasteiger partial charge in [-0.15, -0.1) is 0 Å². The van der Waals surface area contributed by atoms with Crippen LogP contribution in [-0.2, 0) is 4.79 Å². The molecule has 1 saturated heterocycles. The smallest absolute Gasteiger partial charge is 0.230 e. The van der Waals surface area contributed by atoms with E-state index in [0.717, 1.165) is 12.0 Å². The summed E-state index contributed by atoms with van der Waals surface area (Å²) in [5, 5.41) is 0. The van der Waals surface area contributed by atoms with Crippen LogP contribution >= 0.6 is 0 Å². The SMILES string of the molecule is CC(C)c1ccc(N2C[C@@H]3C[C@@H]3C2=O)c(F)c1. The van der Waals surface area contributed by atoms with Gasteiger partial charge in [-0.25, -0.2) is 4.39 Å². The first-order chi connectivity index (χ1) is 8.08. The highest BCUT2D eigenvalue weighted by Crippen LogP contribution is 2.47. The maximum Gasteiger partial charge on any atom is 0.230 e. The molecule has 0 unspecified atom stereocenters. The maximum atomic E-state index is 14.0. The summed E-state index contributed by atoms with van der Waals surface area (Å²) in [5.41, 5.74) is 1.43. The van der Waals surface area contributed by atoms with Crippen molar-refractivity contribution < 1.29 is 9.18 Å². The van der Waals surface area contributed by atoms with Gasteiger partial charge in [-0.3, -0.25) is 4.79 Å². The minimum atomic E-state index is -0.272. The van der Waals surface area contributed by atoms with Crippen molar-refractivity contribution in [1.29, 1.82) is 0 Å². The van der Waals surface area contributed by atoms with Crippen LogP contribution in [-0.4, -0.2) is 12.5 Å². The average Bonchev–Trinajstić information content (AvgIpc) is 2.98. The summed E-state index contributed by atoms with van der Waals surface area (Å²) in [6.07, 6.45) is 1.00. The number of piperidine rings is 1. The Kier molecular flexibility index (Phi) is 2.25. The number of rotatable bonds is 2. The van der Waals surface area contributed by atoms with Gasteiger partial charge in [0.15, 0.2) is 0 Å². The van der Waals surface area contributed by atoms with Crippen molar-refractivity contribution in [3.8, 4) is 0 Å². The van der Waals surface area contributed by atoms with E-state index >= 15 is 0 Å². The van der Waals surface area contributed by atoms with E-state index in [4.69, 9.17) is 0 Å². The lowest BCUT2D eigenvalue weighted by Crippen LogP contribution is -2.28. The summed E-state index contributed by atoms with van der Waals surface area (Å²) in [7, 11) is 0. The summed E-state index contributed by atoms with van der Waals surface area (Å²) < 4.78 is 14.0. The Morgan fingerprint density at radius 1 is 1.41 bits per heavy atom. The largest absolute Gasteiger partial charge is 0.309 e. The molecule has 2 fully saturated rings. The van der Waals surface area contributed by atoms with Gasteiger partial charge in [-0.05, 0) is 36.0 Å². The molecule has 0 spiro atoms. The van der Waals surface area contributed by atoms with Crippen LogP contribution in [0.25, 0.3) is 0 Å². The van der Waals surface area contributed by atoms with Crippen LogP contribution in [0.4, 0.5) is 10.1 Å². The normalized spacial score (nSPS) is 26.6. The third-order valence-electron chi connectivity index (χ3n) is 3.85. The molecule has 1 aliphatic carbocycles.